The maximum Gasteiger partial charge on any atom is 0.374 e. The molecule has 0 atom stereocenters. The van der Waals surface area contributed by atoms with Gasteiger partial charge in [0.2, 0.25) is 5.76 Å². The number of hydrogen-bond acceptors (Lipinski definition) is 5. The van der Waals surface area contributed by atoms with E-state index in [1.54, 1.807) is 17.8 Å². The van der Waals surface area contributed by atoms with Gasteiger partial charge in [0.25, 0.3) is 5.91 Å². The van der Waals surface area contributed by atoms with Crippen molar-refractivity contribution in [2.75, 3.05) is 18.9 Å². The van der Waals surface area contributed by atoms with E-state index in [0.29, 0.717) is 6.54 Å². The molecule has 0 aliphatic carbocycles. The highest BCUT2D eigenvalue weighted by Crippen LogP contribution is 2.19. The summed E-state index contributed by atoms with van der Waals surface area (Å²) in [4.78, 5) is 24.1. The molecule has 2 aromatic rings. The Balaban J connectivity index is 1.59. The molecule has 0 aliphatic heterocycles. The normalized spacial score (nSPS) is 10.2. The quantitative estimate of drug-likeness (QED) is 0.451. The number of carbonyl (C=O) groups is 2. The van der Waals surface area contributed by atoms with Crippen molar-refractivity contribution in [1.82, 2.24) is 5.32 Å². The van der Waals surface area contributed by atoms with E-state index in [-0.39, 0.29) is 18.3 Å². The third-order valence-electron chi connectivity index (χ3n) is 2.56. The number of nitrogens with one attached hydrogen (secondary N) is 1. The Bertz CT molecular complexity index is 613. The first-order chi connectivity index (χ1) is 10.6. The minimum Gasteiger partial charge on any atom is -0.457 e. The van der Waals surface area contributed by atoms with Crippen LogP contribution in [0.1, 0.15) is 10.6 Å². The summed E-state index contributed by atoms with van der Waals surface area (Å²) >= 11 is 5.01. The second-order valence-corrected chi connectivity index (χ2v) is 6.29. The first-order valence-electron chi connectivity index (χ1n) is 6.51. The molecule has 1 aromatic heterocycles. The lowest BCUT2D eigenvalue weighted by molar-refractivity contribution is -0.124. The summed E-state index contributed by atoms with van der Waals surface area (Å²) < 4.78 is 10.7. The summed E-state index contributed by atoms with van der Waals surface area (Å²) in [5.74, 6) is -0.168. The number of thioether (sulfide) groups is 1. The fourth-order valence-corrected chi connectivity index (χ4v) is 2.57. The number of hydrogen-bond donors (Lipinski definition) is 1. The van der Waals surface area contributed by atoms with Crippen LogP contribution in [0.2, 0.25) is 0 Å². The van der Waals surface area contributed by atoms with Gasteiger partial charge in [0.05, 0.1) is 6.26 Å². The van der Waals surface area contributed by atoms with Crippen molar-refractivity contribution in [2.24, 2.45) is 0 Å². The number of carbonyl (C=O) groups excluding carboxylic acids is 2. The number of esters is 1. The van der Waals surface area contributed by atoms with Crippen LogP contribution in [-0.2, 0) is 9.53 Å². The zero-order valence-electron chi connectivity index (χ0n) is 11.6. The number of benzene rings is 1. The third kappa shape index (κ3) is 5.57. The van der Waals surface area contributed by atoms with Gasteiger partial charge in [0.15, 0.2) is 6.61 Å². The Hall–Kier alpha value is -1.73. The number of amides is 1. The Morgan fingerprint density at radius 3 is 2.68 bits per heavy atom. The zero-order valence-corrected chi connectivity index (χ0v) is 14.0. The Morgan fingerprint density at radius 1 is 1.23 bits per heavy atom. The van der Waals surface area contributed by atoms with Crippen molar-refractivity contribution < 1.29 is 18.7 Å². The monoisotopic (exact) mass is 383 g/mol. The molecule has 0 fully saturated rings. The van der Waals surface area contributed by atoms with Crippen LogP contribution in [0.5, 0.6) is 0 Å². The first-order valence-corrected chi connectivity index (χ1v) is 8.29. The van der Waals surface area contributed by atoms with Crippen LogP contribution in [-0.4, -0.2) is 30.8 Å². The van der Waals surface area contributed by atoms with E-state index in [2.05, 4.69) is 21.2 Å². The van der Waals surface area contributed by atoms with E-state index in [1.807, 2.05) is 24.3 Å². The smallest absolute Gasteiger partial charge is 0.374 e. The van der Waals surface area contributed by atoms with Gasteiger partial charge in [-0.25, -0.2) is 4.79 Å². The molecule has 1 heterocycles. The predicted molar refractivity (Wildman–Crippen MR) is 86.9 cm³/mol. The molecule has 116 valence electrons. The lowest BCUT2D eigenvalue weighted by Crippen LogP contribution is -2.30. The lowest BCUT2D eigenvalue weighted by atomic mass is 10.4. The highest BCUT2D eigenvalue weighted by atomic mass is 79.9. The van der Waals surface area contributed by atoms with Gasteiger partial charge in [-0.2, -0.15) is 0 Å². The SMILES string of the molecule is O=C(COC(=O)c1ccco1)NCCSc1ccc(Br)cc1. The molecule has 5 nitrogen and oxygen atoms in total. The topological polar surface area (TPSA) is 68.5 Å². The van der Waals surface area contributed by atoms with Gasteiger partial charge >= 0.3 is 5.97 Å². The van der Waals surface area contributed by atoms with Gasteiger partial charge in [0.1, 0.15) is 0 Å². The summed E-state index contributed by atoms with van der Waals surface area (Å²) in [6, 6.07) is 11.0. The molecule has 0 radical (unpaired) electrons. The third-order valence-corrected chi connectivity index (χ3v) is 4.11. The summed E-state index contributed by atoms with van der Waals surface area (Å²) in [6.45, 7) is 0.181. The van der Waals surface area contributed by atoms with E-state index in [9.17, 15) is 9.59 Å². The van der Waals surface area contributed by atoms with E-state index in [0.717, 1.165) is 15.1 Å². The van der Waals surface area contributed by atoms with Crippen molar-refractivity contribution in [1.29, 1.82) is 0 Å². The Morgan fingerprint density at radius 2 is 2.00 bits per heavy atom. The second-order valence-electron chi connectivity index (χ2n) is 4.21. The number of ether oxygens (including phenoxy) is 1. The molecule has 1 N–H and O–H groups in total. The number of rotatable bonds is 7. The standard InChI is InChI=1S/C15H14BrNO4S/c16-11-3-5-12(6-4-11)22-9-7-17-14(18)10-21-15(19)13-2-1-8-20-13/h1-6,8H,7,9-10H2,(H,17,18). The maximum absolute atomic E-state index is 11.5. The van der Waals surface area contributed by atoms with Crippen LogP contribution in [0.4, 0.5) is 0 Å². The van der Waals surface area contributed by atoms with Crippen LogP contribution < -0.4 is 5.32 Å². The van der Waals surface area contributed by atoms with Gasteiger partial charge in [-0.3, -0.25) is 4.79 Å². The van der Waals surface area contributed by atoms with Crippen LogP contribution >= 0.6 is 27.7 Å². The van der Waals surface area contributed by atoms with Crippen molar-refractivity contribution in [3.63, 3.8) is 0 Å². The van der Waals surface area contributed by atoms with E-state index >= 15 is 0 Å². The van der Waals surface area contributed by atoms with Gasteiger partial charge in [0, 0.05) is 21.7 Å². The average molecular weight is 384 g/mol. The first kappa shape index (κ1) is 16.6. The van der Waals surface area contributed by atoms with Gasteiger partial charge in [-0.05, 0) is 36.4 Å². The summed E-state index contributed by atoms with van der Waals surface area (Å²) in [5, 5.41) is 2.69. The maximum atomic E-state index is 11.5. The average Bonchev–Trinajstić information content (AvgIpc) is 3.05. The van der Waals surface area contributed by atoms with E-state index in [4.69, 9.17) is 9.15 Å². The molecule has 0 saturated carbocycles. The summed E-state index contributed by atoms with van der Waals surface area (Å²) in [6.07, 6.45) is 1.37. The van der Waals surface area contributed by atoms with E-state index < -0.39 is 5.97 Å². The molecule has 1 amide bonds. The molecule has 2 rings (SSSR count). The molecule has 0 bridgehead atoms. The fourth-order valence-electron chi connectivity index (χ4n) is 1.54. The van der Waals surface area contributed by atoms with Gasteiger partial charge in [-0.15, -0.1) is 11.8 Å². The minimum atomic E-state index is -0.649. The largest absolute Gasteiger partial charge is 0.457 e. The van der Waals surface area contributed by atoms with E-state index in [1.165, 1.54) is 12.3 Å². The van der Waals surface area contributed by atoms with Crippen LogP contribution in [0.3, 0.4) is 0 Å². The number of halogens is 1. The van der Waals surface area contributed by atoms with Gasteiger partial charge in [-0.1, -0.05) is 15.9 Å². The molecule has 1 aromatic carbocycles. The molecule has 7 heteroatoms. The molecule has 0 spiro atoms. The van der Waals surface area contributed by atoms with Crippen LogP contribution in [0.25, 0.3) is 0 Å². The van der Waals surface area contributed by atoms with Crippen molar-refractivity contribution in [3.8, 4) is 0 Å². The molecule has 22 heavy (non-hydrogen) atoms. The second kappa shape index (κ2) is 8.65. The van der Waals surface area contributed by atoms with Crippen molar-refractivity contribution in [3.05, 3.63) is 52.9 Å². The van der Waals surface area contributed by atoms with Gasteiger partial charge < -0.3 is 14.5 Å². The summed E-state index contributed by atoms with van der Waals surface area (Å²) in [7, 11) is 0. The highest BCUT2D eigenvalue weighted by Gasteiger charge is 2.11. The van der Waals surface area contributed by atoms with Crippen LogP contribution in [0.15, 0.2) is 56.4 Å². The predicted octanol–water partition coefficient (Wildman–Crippen LogP) is 3.11. The van der Waals surface area contributed by atoms with Crippen molar-refractivity contribution >= 4 is 39.6 Å². The van der Waals surface area contributed by atoms with Crippen molar-refractivity contribution in [2.45, 2.75) is 4.90 Å². The Kier molecular flexibility index (Phi) is 6.54. The zero-order chi connectivity index (χ0) is 15.8. The molecular weight excluding hydrogens is 370 g/mol. The lowest BCUT2D eigenvalue weighted by Gasteiger charge is -2.06. The molecular formula is C15H14BrNO4S. The minimum absolute atomic E-state index is 0.0820. The summed E-state index contributed by atoms with van der Waals surface area (Å²) in [5.41, 5.74) is 0. The molecule has 0 saturated heterocycles. The molecule has 0 unspecified atom stereocenters. The highest BCUT2D eigenvalue weighted by molar-refractivity contribution is 9.10. The Labute approximate surface area is 140 Å². The van der Waals surface area contributed by atoms with Crippen LogP contribution in [0, 0.1) is 0 Å². The molecule has 0 aliphatic rings. The number of furan rings is 1. The fraction of sp³-hybridized carbons (Fsp3) is 0.200.